The Kier molecular flexibility index (Phi) is 4.87. The zero-order valence-corrected chi connectivity index (χ0v) is 22.4. The minimum Gasteiger partial charge on any atom is -0.455 e. The average Bonchev–Trinajstić information content (AvgIpc) is 3.62. The van der Waals surface area contributed by atoms with Crippen molar-refractivity contribution in [3.63, 3.8) is 0 Å². The van der Waals surface area contributed by atoms with E-state index >= 15 is 0 Å². The second kappa shape index (κ2) is 8.88. The van der Waals surface area contributed by atoms with Crippen molar-refractivity contribution in [1.82, 2.24) is 9.97 Å². The third kappa shape index (κ3) is 3.36. The number of para-hydroxylation sites is 1. The zero-order valence-electron chi connectivity index (χ0n) is 22.4. The number of aromatic nitrogens is 2. The molecule has 196 valence electrons. The Labute approximate surface area is 240 Å². The molecule has 0 atom stereocenters. The summed E-state index contributed by atoms with van der Waals surface area (Å²) in [5.74, 6) is 0.635. The fourth-order valence-corrected chi connectivity index (χ4v) is 6.21. The van der Waals surface area contributed by atoms with Crippen molar-refractivity contribution in [1.29, 1.82) is 0 Å². The Bertz CT molecular complexity index is 2460. The van der Waals surface area contributed by atoms with Gasteiger partial charge in [0.1, 0.15) is 28.0 Å². The van der Waals surface area contributed by atoms with Crippen LogP contribution in [0.25, 0.3) is 88.6 Å². The van der Waals surface area contributed by atoms with Crippen molar-refractivity contribution in [2.75, 3.05) is 0 Å². The molecule has 6 aromatic carbocycles. The van der Waals surface area contributed by atoms with Crippen LogP contribution in [0.1, 0.15) is 0 Å². The summed E-state index contributed by atoms with van der Waals surface area (Å²) in [7, 11) is 0. The molecule has 0 fully saturated rings. The molecule has 4 nitrogen and oxygen atoms in total. The molecule has 0 aliphatic rings. The summed E-state index contributed by atoms with van der Waals surface area (Å²) in [6.45, 7) is 0. The summed E-state index contributed by atoms with van der Waals surface area (Å²) in [5.41, 5.74) is 8.83. The molecular formula is C38H22N2O2. The van der Waals surface area contributed by atoms with Gasteiger partial charge < -0.3 is 8.83 Å². The number of rotatable bonds is 3. The molecule has 0 spiro atoms. The van der Waals surface area contributed by atoms with E-state index in [9.17, 15) is 0 Å². The lowest BCUT2D eigenvalue weighted by Gasteiger charge is -2.09. The lowest BCUT2D eigenvalue weighted by atomic mass is 9.94. The SMILES string of the molecule is c1ccc(-c2c3ccccc3cc3c2oc2cccc(-c4nc(-c5ccccc5)c5oc6ccccc6c5n4)c23)cc1. The maximum absolute atomic E-state index is 6.69. The van der Waals surface area contributed by atoms with Gasteiger partial charge in [-0.2, -0.15) is 0 Å². The number of hydrogen-bond donors (Lipinski definition) is 0. The van der Waals surface area contributed by atoms with Crippen LogP contribution in [-0.4, -0.2) is 9.97 Å². The molecule has 3 heterocycles. The van der Waals surface area contributed by atoms with Crippen LogP contribution >= 0.6 is 0 Å². The van der Waals surface area contributed by atoms with Gasteiger partial charge in [-0.3, -0.25) is 0 Å². The van der Waals surface area contributed by atoms with Gasteiger partial charge in [-0.25, -0.2) is 9.97 Å². The third-order valence-corrected chi connectivity index (χ3v) is 8.08. The van der Waals surface area contributed by atoms with Gasteiger partial charge in [0.2, 0.25) is 0 Å². The molecule has 3 aromatic heterocycles. The summed E-state index contributed by atoms with van der Waals surface area (Å²) in [6, 6.07) is 45.5. The molecule has 0 N–H and O–H groups in total. The standard InChI is InChI=1S/C38H22N2O2/c1-3-12-23(13-4-1)32-26-17-8-7-16-25(26)22-29-33-28(19-11-21-31(33)42-36(29)32)38-39-34(24-14-5-2-6-15-24)37-35(40-38)27-18-9-10-20-30(27)41-37/h1-22H. The fourth-order valence-electron chi connectivity index (χ4n) is 6.21. The van der Waals surface area contributed by atoms with Crippen molar-refractivity contribution >= 4 is 54.8 Å². The highest BCUT2D eigenvalue weighted by Crippen LogP contribution is 2.44. The van der Waals surface area contributed by atoms with Crippen molar-refractivity contribution in [3.8, 4) is 33.8 Å². The maximum atomic E-state index is 6.69. The van der Waals surface area contributed by atoms with Crippen LogP contribution in [0.2, 0.25) is 0 Å². The first-order valence-corrected chi connectivity index (χ1v) is 14.0. The molecule has 0 amide bonds. The predicted octanol–water partition coefficient (Wildman–Crippen LogP) is 10.4. The number of furan rings is 2. The molecule has 9 rings (SSSR count). The number of nitrogens with zero attached hydrogens (tertiary/aromatic N) is 2. The molecule has 42 heavy (non-hydrogen) atoms. The number of hydrogen-bond acceptors (Lipinski definition) is 4. The molecule has 0 radical (unpaired) electrons. The Morgan fingerprint density at radius 2 is 1.14 bits per heavy atom. The van der Waals surface area contributed by atoms with Crippen LogP contribution in [0.3, 0.4) is 0 Å². The number of benzene rings is 6. The first kappa shape index (κ1) is 23.0. The van der Waals surface area contributed by atoms with Crippen LogP contribution in [0, 0.1) is 0 Å². The van der Waals surface area contributed by atoms with E-state index in [1.54, 1.807) is 0 Å². The van der Waals surface area contributed by atoms with Crippen LogP contribution < -0.4 is 0 Å². The van der Waals surface area contributed by atoms with Crippen molar-refractivity contribution in [2.45, 2.75) is 0 Å². The van der Waals surface area contributed by atoms with E-state index in [0.29, 0.717) is 11.4 Å². The van der Waals surface area contributed by atoms with E-state index in [2.05, 4.69) is 78.9 Å². The van der Waals surface area contributed by atoms with E-state index in [0.717, 1.165) is 77.1 Å². The molecule has 0 saturated carbocycles. The highest BCUT2D eigenvalue weighted by Gasteiger charge is 2.22. The summed E-state index contributed by atoms with van der Waals surface area (Å²) in [5, 5.41) is 5.32. The van der Waals surface area contributed by atoms with Gasteiger partial charge >= 0.3 is 0 Å². The molecule has 9 aromatic rings. The van der Waals surface area contributed by atoms with Gasteiger partial charge in [-0.1, -0.05) is 109 Å². The van der Waals surface area contributed by atoms with Gasteiger partial charge in [0, 0.05) is 32.8 Å². The van der Waals surface area contributed by atoms with Crippen molar-refractivity contribution in [2.24, 2.45) is 0 Å². The molecular weight excluding hydrogens is 516 g/mol. The molecule has 0 saturated heterocycles. The average molecular weight is 539 g/mol. The van der Waals surface area contributed by atoms with E-state index in [-0.39, 0.29) is 0 Å². The third-order valence-electron chi connectivity index (χ3n) is 8.08. The molecule has 0 aliphatic carbocycles. The van der Waals surface area contributed by atoms with E-state index in [1.807, 2.05) is 54.6 Å². The van der Waals surface area contributed by atoms with Gasteiger partial charge in [0.15, 0.2) is 11.4 Å². The summed E-state index contributed by atoms with van der Waals surface area (Å²) in [6.07, 6.45) is 0. The van der Waals surface area contributed by atoms with E-state index in [1.165, 1.54) is 0 Å². The summed E-state index contributed by atoms with van der Waals surface area (Å²) >= 11 is 0. The second-order valence-electron chi connectivity index (χ2n) is 10.5. The quantitative estimate of drug-likeness (QED) is 0.224. The van der Waals surface area contributed by atoms with Crippen LogP contribution in [0.4, 0.5) is 0 Å². The minimum absolute atomic E-state index is 0.635. The lowest BCUT2D eigenvalue weighted by Crippen LogP contribution is -1.94. The first-order valence-electron chi connectivity index (χ1n) is 14.0. The second-order valence-corrected chi connectivity index (χ2v) is 10.5. The van der Waals surface area contributed by atoms with Crippen molar-refractivity contribution < 1.29 is 8.83 Å². The molecule has 0 aliphatic heterocycles. The Hall–Kier alpha value is -5.74. The van der Waals surface area contributed by atoms with Gasteiger partial charge in [0.05, 0.1) is 0 Å². The normalized spacial score (nSPS) is 11.8. The summed E-state index contributed by atoms with van der Waals surface area (Å²) < 4.78 is 13.0. The van der Waals surface area contributed by atoms with E-state index in [4.69, 9.17) is 18.8 Å². The van der Waals surface area contributed by atoms with Gasteiger partial charge in [-0.15, -0.1) is 0 Å². The Morgan fingerprint density at radius 3 is 1.98 bits per heavy atom. The minimum atomic E-state index is 0.635. The van der Waals surface area contributed by atoms with Gasteiger partial charge in [0.25, 0.3) is 0 Å². The molecule has 4 heteroatoms. The predicted molar refractivity (Wildman–Crippen MR) is 170 cm³/mol. The first-order chi connectivity index (χ1) is 20.8. The van der Waals surface area contributed by atoms with Crippen LogP contribution in [0.15, 0.2) is 142 Å². The molecule has 0 bridgehead atoms. The zero-order chi connectivity index (χ0) is 27.6. The topological polar surface area (TPSA) is 52.1 Å². The fraction of sp³-hybridized carbons (Fsp3) is 0. The summed E-state index contributed by atoms with van der Waals surface area (Å²) in [4.78, 5) is 10.3. The maximum Gasteiger partial charge on any atom is 0.180 e. The van der Waals surface area contributed by atoms with Crippen molar-refractivity contribution in [3.05, 3.63) is 133 Å². The smallest absolute Gasteiger partial charge is 0.180 e. The Morgan fingerprint density at radius 1 is 0.476 bits per heavy atom. The highest BCUT2D eigenvalue weighted by molar-refractivity contribution is 6.21. The largest absolute Gasteiger partial charge is 0.455 e. The molecule has 0 unspecified atom stereocenters. The van der Waals surface area contributed by atoms with E-state index < -0.39 is 0 Å². The van der Waals surface area contributed by atoms with Crippen LogP contribution in [0.5, 0.6) is 0 Å². The Balaban J connectivity index is 1.41. The monoisotopic (exact) mass is 538 g/mol. The van der Waals surface area contributed by atoms with Gasteiger partial charge in [-0.05, 0) is 40.6 Å². The van der Waals surface area contributed by atoms with Crippen LogP contribution in [-0.2, 0) is 0 Å². The highest BCUT2D eigenvalue weighted by atomic mass is 16.3. The number of fused-ring (bicyclic) bond motifs is 7. The lowest BCUT2D eigenvalue weighted by molar-refractivity contribution is 0.667.